The number of phenols is 2. The van der Waals surface area contributed by atoms with Gasteiger partial charge in [-0.15, -0.1) is 0 Å². The van der Waals surface area contributed by atoms with Crippen molar-refractivity contribution in [2.75, 3.05) is 0 Å². The molecule has 25 heavy (non-hydrogen) atoms. The number of aromatic hydroxyl groups is 2. The Bertz CT molecular complexity index is 847. The zero-order chi connectivity index (χ0) is 18.4. The fourth-order valence-electron chi connectivity index (χ4n) is 2.22. The maximum atomic E-state index is 8.97. The van der Waals surface area contributed by atoms with E-state index in [9.17, 15) is 0 Å². The summed E-state index contributed by atoms with van der Waals surface area (Å²) in [5.41, 5.74) is 1.66. The van der Waals surface area contributed by atoms with Gasteiger partial charge in [0.05, 0.1) is 0 Å². The van der Waals surface area contributed by atoms with Crippen molar-refractivity contribution in [3.05, 3.63) is 70.4 Å². The second kappa shape index (κ2) is 7.46. The van der Waals surface area contributed by atoms with Gasteiger partial charge >= 0.3 is 0 Å². The predicted octanol–water partition coefficient (Wildman–Crippen LogP) is 4.13. The average Bonchev–Trinajstić information content (AvgIpc) is 2.85. The Morgan fingerprint density at radius 3 is 2.00 bits per heavy atom. The summed E-state index contributed by atoms with van der Waals surface area (Å²) in [4.78, 5) is 6.46. The molecule has 1 aliphatic heterocycles. The number of phenolic OH excluding ortho intramolecular Hbond substituents is 2. The molecular weight excluding hydrogens is 320 g/mol. The van der Waals surface area contributed by atoms with Crippen LogP contribution in [0.15, 0.2) is 36.4 Å². The van der Waals surface area contributed by atoms with E-state index < -0.39 is 5.79 Å². The van der Waals surface area contributed by atoms with Crippen molar-refractivity contribution in [1.29, 1.82) is 0 Å². The molecule has 2 N–H and O–H groups in total. The molecule has 0 saturated carbocycles. The fraction of sp³-hybridized carbons (Fsp3) is 0.263. The fourth-order valence-corrected chi connectivity index (χ4v) is 2.22. The van der Waals surface area contributed by atoms with Crippen LogP contribution in [-0.4, -0.2) is 16.0 Å². The maximum Gasteiger partial charge on any atom is 0.246 e. The predicted molar refractivity (Wildman–Crippen MR) is 92.2 cm³/mol. The number of benzene rings is 2. The highest BCUT2D eigenvalue weighted by Crippen LogP contribution is 2.39. The van der Waals surface area contributed by atoms with Gasteiger partial charge in [-0.25, -0.2) is 13.1 Å². The molecule has 128 valence electrons. The van der Waals surface area contributed by atoms with Crippen LogP contribution in [0.5, 0.6) is 23.0 Å². The highest BCUT2D eigenvalue weighted by molar-refractivity contribution is 5.46. The highest BCUT2D eigenvalue weighted by Gasteiger charge is 2.31. The SMILES string of the molecule is [C-]#[N+]Cc1ccc(O)c(O)c1.[C-]#[N+]Cc1ccc2c(c1)OC(C)(C)O2. The first-order valence-electron chi connectivity index (χ1n) is 7.53. The molecule has 2 aromatic rings. The Kier molecular flexibility index (Phi) is 5.36. The van der Waals surface area contributed by atoms with E-state index in [1.165, 1.54) is 12.1 Å². The second-order valence-corrected chi connectivity index (χ2v) is 5.84. The third-order valence-electron chi connectivity index (χ3n) is 3.28. The molecule has 3 rings (SSSR count). The molecule has 6 nitrogen and oxygen atoms in total. The van der Waals surface area contributed by atoms with Crippen LogP contribution < -0.4 is 9.47 Å². The van der Waals surface area contributed by atoms with E-state index in [0.717, 1.165) is 17.1 Å². The molecule has 0 spiro atoms. The summed E-state index contributed by atoms with van der Waals surface area (Å²) < 4.78 is 11.1. The van der Waals surface area contributed by atoms with Gasteiger partial charge in [-0.2, -0.15) is 0 Å². The summed E-state index contributed by atoms with van der Waals surface area (Å²) in [6, 6.07) is 9.96. The van der Waals surface area contributed by atoms with E-state index in [2.05, 4.69) is 9.69 Å². The molecule has 6 heteroatoms. The Morgan fingerprint density at radius 1 is 0.840 bits per heavy atom. The van der Waals surface area contributed by atoms with Crippen LogP contribution in [0, 0.1) is 13.1 Å². The first kappa shape index (κ1) is 18.0. The van der Waals surface area contributed by atoms with Gasteiger partial charge in [0.2, 0.25) is 18.9 Å². The quantitative estimate of drug-likeness (QED) is 0.638. The maximum absolute atomic E-state index is 8.97. The smallest absolute Gasteiger partial charge is 0.246 e. The van der Waals surface area contributed by atoms with Crippen molar-refractivity contribution in [2.24, 2.45) is 0 Å². The van der Waals surface area contributed by atoms with E-state index in [-0.39, 0.29) is 18.0 Å². The minimum atomic E-state index is -0.584. The van der Waals surface area contributed by atoms with Crippen molar-refractivity contribution in [2.45, 2.75) is 32.7 Å². The van der Waals surface area contributed by atoms with Crippen LogP contribution in [0.3, 0.4) is 0 Å². The molecule has 0 saturated heterocycles. The van der Waals surface area contributed by atoms with E-state index in [0.29, 0.717) is 12.1 Å². The Balaban J connectivity index is 0.000000186. The van der Waals surface area contributed by atoms with Gasteiger partial charge in [0, 0.05) is 25.0 Å². The molecule has 0 amide bonds. The molecule has 0 radical (unpaired) electrons. The third-order valence-corrected chi connectivity index (χ3v) is 3.28. The minimum absolute atomic E-state index is 0.154. The van der Waals surface area contributed by atoms with E-state index in [1.807, 2.05) is 32.0 Å². The largest absolute Gasteiger partial charge is 0.504 e. The first-order valence-corrected chi connectivity index (χ1v) is 7.53. The van der Waals surface area contributed by atoms with Gasteiger partial charge in [0.15, 0.2) is 23.0 Å². The summed E-state index contributed by atoms with van der Waals surface area (Å²) in [5, 5.41) is 17.9. The normalized spacial score (nSPS) is 13.1. The summed E-state index contributed by atoms with van der Waals surface area (Å²) >= 11 is 0. The van der Waals surface area contributed by atoms with E-state index in [1.54, 1.807) is 6.07 Å². The summed E-state index contributed by atoms with van der Waals surface area (Å²) in [6.45, 7) is 17.7. The number of nitrogens with zero attached hydrogens (tertiary/aromatic N) is 2. The van der Waals surface area contributed by atoms with Crippen LogP contribution >= 0.6 is 0 Å². The van der Waals surface area contributed by atoms with Gasteiger partial charge in [-0.3, -0.25) is 0 Å². The monoisotopic (exact) mass is 338 g/mol. The van der Waals surface area contributed by atoms with Crippen LogP contribution in [0.2, 0.25) is 0 Å². The van der Waals surface area contributed by atoms with E-state index in [4.69, 9.17) is 32.8 Å². The summed E-state index contributed by atoms with van der Waals surface area (Å²) in [6.07, 6.45) is 0. The Morgan fingerprint density at radius 2 is 1.40 bits per heavy atom. The molecule has 1 heterocycles. The lowest BCUT2D eigenvalue weighted by Crippen LogP contribution is -2.29. The first-order chi connectivity index (χ1) is 11.8. The lowest BCUT2D eigenvalue weighted by molar-refractivity contribution is -0.0431. The van der Waals surface area contributed by atoms with Crippen molar-refractivity contribution < 1.29 is 19.7 Å². The van der Waals surface area contributed by atoms with Crippen molar-refractivity contribution in [3.8, 4) is 23.0 Å². The molecule has 0 aromatic heterocycles. The average molecular weight is 338 g/mol. The number of ether oxygens (including phenoxy) is 2. The molecule has 0 unspecified atom stereocenters. The molecule has 0 fully saturated rings. The van der Waals surface area contributed by atoms with Crippen molar-refractivity contribution in [3.63, 3.8) is 0 Å². The molecule has 1 aliphatic rings. The summed E-state index contributed by atoms with van der Waals surface area (Å²) in [5.74, 6) is 0.573. The molecule has 0 aliphatic carbocycles. The van der Waals surface area contributed by atoms with Crippen LogP contribution in [0.1, 0.15) is 25.0 Å². The number of hydrogen-bond acceptors (Lipinski definition) is 4. The topological polar surface area (TPSA) is 67.6 Å². The molecule has 0 atom stereocenters. The van der Waals surface area contributed by atoms with Gasteiger partial charge in [-0.1, -0.05) is 0 Å². The van der Waals surface area contributed by atoms with Gasteiger partial charge in [0.1, 0.15) is 0 Å². The van der Waals surface area contributed by atoms with E-state index >= 15 is 0 Å². The molecule has 2 aromatic carbocycles. The number of hydrogen-bond donors (Lipinski definition) is 2. The van der Waals surface area contributed by atoms with Crippen LogP contribution in [0.4, 0.5) is 0 Å². The Labute approximate surface area is 146 Å². The standard InChI is InChI=1S/C11H11NO2.C8H7NO2/c1-11(2)13-9-5-4-8(7-12-3)6-10(9)14-11;1-9-5-6-2-3-7(10)8(11)4-6/h4-6H,7H2,1-2H3;2-4,10-11H,5H2. The number of rotatable bonds is 2. The van der Waals surface area contributed by atoms with Crippen molar-refractivity contribution in [1.82, 2.24) is 0 Å². The lowest BCUT2D eigenvalue weighted by Gasteiger charge is -2.16. The number of fused-ring (bicyclic) bond motifs is 1. The third kappa shape index (κ3) is 4.79. The van der Waals surface area contributed by atoms with Crippen LogP contribution in [-0.2, 0) is 13.1 Å². The molecular formula is C19H18N2O4. The van der Waals surface area contributed by atoms with Crippen LogP contribution in [0.25, 0.3) is 9.69 Å². The minimum Gasteiger partial charge on any atom is -0.504 e. The Hall–Kier alpha value is -3.38. The summed E-state index contributed by atoms with van der Waals surface area (Å²) in [7, 11) is 0. The van der Waals surface area contributed by atoms with Crippen molar-refractivity contribution >= 4 is 0 Å². The van der Waals surface area contributed by atoms with Gasteiger partial charge < -0.3 is 29.4 Å². The highest BCUT2D eigenvalue weighted by atomic mass is 16.7. The zero-order valence-electron chi connectivity index (χ0n) is 14.0. The lowest BCUT2D eigenvalue weighted by atomic mass is 10.2. The molecule has 0 bridgehead atoms. The second-order valence-electron chi connectivity index (χ2n) is 5.84. The van der Waals surface area contributed by atoms with Gasteiger partial charge in [0.25, 0.3) is 0 Å². The van der Waals surface area contributed by atoms with Gasteiger partial charge in [-0.05, 0) is 36.4 Å². The zero-order valence-corrected chi connectivity index (χ0v) is 14.0.